The maximum absolute atomic E-state index is 13.6. The topological polar surface area (TPSA) is 40.4 Å². The van der Waals surface area contributed by atoms with Crippen molar-refractivity contribution in [2.75, 3.05) is 4.90 Å². The molecule has 0 radical (unpaired) electrons. The Labute approximate surface area is 158 Å². The Balaban J connectivity index is 1.77. The summed E-state index contributed by atoms with van der Waals surface area (Å²) >= 11 is 1.32. The fourth-order valence-corrected chi connectivity index (χ4v) is 4.13. The van der Waals surface area contributed by atoms with Gasteiger partial charge in [-0.2, -0.15) is 9.37 Å². The van der Waals surface area contributed by atoms with Gasteiger partial charge in [0.15, 0.2) is 16.9 Å². The zero-order valence-corrected chi connectivity index (χ0v) is 15.2. The van der Waals surface area contributed by atoms with Crippen LogP contribution in [0.4, 0.5) is 19.3 Å². The molecule has 136 valence electrons. The molecule has 2 aromatic carbocycles. The maximum atomic E-state index is 13.6. The number of halogens is 2. The van der Waals surface area contributed by atoms with Gasteiger partial charge in [-0.3, -0.25) is 0 Å². The molecule has 0 saturated carbocycles. The number of anilines is 1. The summed E-state index contributed by atoms with van der Waals surface area (Å²) in [5.74, 6) is -2.22. The molecule has 0 aromatic heterocycles. The van der Waals surface area contributed by atoms with E-state index in [2.05, 4.69) is 0 Å². The van der Waals surface area contributed by atoms with E-state index in [1.54, 1.807) is 29.7 Å². The Kier molecular flexibility index (Phi) is 4.39. The number of fused-ring (bicyclic) bond motifs is 1. The number of aryl methyl sites for hydroxylation is 1. The summed E-state index contributed by atoms with van der Waals surface area (Å²) in [5, 5.41) is 1.23. The first-order valence-electron chi connectivity index (χ1n) is 8.30. The molecule has 3 amide bonds. The second kappa shape index (κ2) is 6.74. The lowest BCUT2D eigenvalue weighted by atomic mass is 10.1. The number of carbonyl (C=O) groups is 2. The number of thioether (sulfide) groups is 1. The fourth-order valence-electron chi connectivity index (χ4n) is 3.19. The van der Waals surface area contributed by atoms with E-state index < -0.39 is 22.9 Å². The minimum Gasteiger partial charge on any atom is -0.244 e. The van der Waals surface area contributed by atoms with Crippen molar-refractivity contribution in [2.45, 2.75) is 18.7 Å². The monoisotopic (exact) mass is 385 g/mol. The van der Waals surface area contributed by atoms with E-state index in [9.17, 15) is 18.4 Å². The van der Waals surface area contributed by atoms with Crippen LogP contribution in [-0.4, -0.2) is 27.5 Å². The van der Waals surface area contributed by atoms with Crippen molar-refractivity contribution < 1.29 is 22.9 Å². The molecule has 0 saturated heterocycles. The van der Waals surface area contributed by atoms with Crippen molar-refractivity contribution in [2.24, 2.45) is 0 Å². The van der Waals surface area contributed by atoms with Crippen molar-refractivity contribution in [1.82, 2.24) is 0 Å². The molecule has 7 heteroatoms. The molecule has 0 fully saturated rings. The number of carbonyl (C=O) groups excluding carboxylic acids is 2. The highest BCUT2D eigenvalue weighted by molar-refractivity contribution is 8.04. The van der Waals surface area contributed by atoms with Gasteiger partial charge in [0.1, 0.15) is 17.9 Å². The van der Waals surface area contributed by atoms with E-state index in [0.717, 1.165) is 22.6 Å². The molecule has 1 unspecified atom stereocenters. The van der Waals surface area contributed by atoms with Crippen molar-refractivity contribution in [3.8, 4) is 0 Å². The van der Waals surface area contributed by atoms with Crippen LogP contribution in [0, 0.1) is 18.6 Å². The van der Waals surface area contributed by atoms with Gasteiger partial charge in [-0.05, 0) is 53.8 Å². The van der Waals surface area contributed by atoms with Crippen molar-refractivity contribution in [3.05, 3.63) is 76.7 Å². The van der Waals surface area contributed by atoms with Crippen LogP contribution in [-0.2, 0) is 11.3 Å². The van der Waals surface area contributed by atoms with E-state index in [-0.39, 0.29) is 12.5 Å². The first-order chi connectivity index (χ1) is 13.0. The molecular weight excluding hydrogens is 370 g/mol. The lowest BCUT2D eigenvalue weighted by molar-refractivity contribution is -0.444. The highest BCUT2D eigenvalue weighted by Gasteiger charge is 2.50. The van der Waals surface area contributed by atoms with Gasteiger partial charge in [0.05, 0.1) is 0 Å². The third-order valence-electron chi connectivity index (χ3n) is 4.49. The molecule has 2 heterocycles. The normalized spacial score (nSPS) is 19.1. The highest BCUT2D eigenvalue weighted by atomic mass is 32.2. The molecule has 2 aliphatic heterocycles. The van der Waals surface area contributed by atoms with Crippen molar-refractivity contribution >= 4 is 35.1 Å². The minimum absolute atomic E-state index is 0.0440. The van der Waals surface area contributed by atoms with Gasteiger partial charge in [-0.25, -0.2) is 13.6 Å². The first kappa shape index (κ1) is 17.6. The maximum Gasteiger partial charge on any atom is 0.506 e. The van der Waals surface area contributed by atoms with Crippen LogP contribution in [0.2, 0.25) is 0 Å². The quantitative estimate of drug-likeness (QED) is 0.750. The van der Waals surface area contributed by atoms with Gasteiger partial charge >= 0.3 is 11.9 Å². The number of nitrogens with zero attached hydrogens (tertiary/aromatic N) is 2. The Morgan fingerprint density at radius 1 is 1.11 bits per heavy atom. The summed E-state index contributed by atoms with van der Waals surface area (Å²) in [6.45, 7) is 1.92. The van der Waals surface area contributed by atoms with Crippen LogP contribution in [0.5, 0.6) is 0 Å². The SMILES string of the molecule is Cc1cccc(N2C(=O)C3SC=CC3=[N+](Cc3ccc(F)c(F)c3)C2=O)c1. The van der Waals surface area contributed by atoms with Gasteiger partial charge in [-0.1, -0.05) is 18.2 Å². The van der Waals surface area contributed by atoms with E-state index in [1.165, 1.54) is 22.4 Å². The van der Waals surface area contributed by atoms with Crippen molar-refractivity contribution in [3.63, 3.8) is 0 Å². The molecule has 27 heavy (non-hydrogen) atoms. The zero-order chi connectivity index (χ0) is 19.1. The molecule has 2 aliphatic rings. The molecule has 1 atom stereocenters. The van der Waals surface area contributed by atoms with Crippen LogP contribution in [0.25, 0.3) is 0 Å². The van der Waals surface area contributed by atoms with Crippen LogP contribution < -0.4 is 4.90 Å². The molecule has 4 nitrogen and oxygen atoms in total. The van der Waals surface area contributed by atoms with Crippen LogP contribution in [0.1, 0.15) is 11.1 Å². The number of urea groups is 1. The zero-order valence-electron chi connectivity index (χ0n) is 14.4. The molecule has 4 rings (SSSR count). The number of hydrogen-bond donors (Lipinski definition) is 0. The summed E-state index contributed by atoms with van der Waals surface area (Å²) in [6, 6.07) is 10.2. The fraction of sp³-hybridized carbons (Fsp3) is 0.150. The Morgan fingerprint density at radius 3 is 2.67 bits per heavy atom. The lowest BCUT2D eigenvalue weighted by Gasteiger charge is -2.24. The number of benzene rings is 2. The third-order valence-corrected chi connectivity index (χ3v) is 5.49. The second-order valence-corrected chi connectivity index (χ2v) is 7.39. The summed E-state index contributed by atoms with van der Waals surface area (Å²) in [7, 11) is 0. The standard InChI is InChI=1S/C20H15F2N2O2S/c1-12-3-2-4-14(9-12)24-19(25)18-17(7-8-27-18)23(20(24)26)11-13-5-6-15(21)16(22)10-13/h2-10,18H,11H2,1H3/q+1. The number of amides is 3. The smallest absolute Gasteiger partial charge is 0.244 e. The third kappa shape index (κ3) is 3.08. The Morgan fingerprint density at radius 2 is 1.93 bits per heavy atom. The van der Waals surface area contributed by atoms with Crippen LogP contribution in [0.15, 0.2) is 53.9 Å². The number of hydrogen-bond acceptors (Lipinski definition) is 3. The van der Waals surface area contributed by atoms with E-state index >= 15 is 0 Å². The average molecular weight is 385 g/mol. The summed E-state index contributed by atoms with van der Waals surface area (Å²) in [4.78, 5) is 27.2. The predicted octanol–water partition coefficient (Wildman–Crippen LogP) is 4.02. The molecular formula is C20H15F2N2O2S+. The largest absolute Gasteiger partial charge is 0.506 e. The van der Waals surface area contributed by atoms with Gasteiger partial charge in [0.2, 0.25) is 0 Å². The summed E-state index contributed by atoms with van der Waals surface area (Å²) < 4.78 is 28.2. The van der Waals surface area contributed by atoms with E-state index in [0.29, 0.717) is 17.0 Å². The number of allylic oxidation sites excluding steroid dienone is 1. The lowest BCUT2D eigenvalue weighted by Crippen LogP contribution is -2.55. The molecule has 0 N–H and O–H groups in total. The second-order valence-electron chi connectivity index (χ2n) is 6.37. The number of rotatable bonds is 3. The Bertz CT molecular complexity index is 1030. The Hall–Kier alpha value is -2.80. The molecule has 0 aliphatic carbocycles. The number of imide groups is 1. The molecule has 0 bridgehead atoms. The van der Waals surface area contributed by atoms with Crippen LogP contribution in [0.3, 0.4) is 0 Å². The molecule has 0 spiro atoms. The molecule has 2 aromatic rings. The van der Waals surface area contributed by atoms with Crippen LogP contribution >= 0.6 is 11.8 Å². The highest BCUT2D eigenvalue weighted by Crippen LogP contribution is 2.31. The summed E-state index contributed by atoms with van der Waals surface area (Å²) in [6.07, 6.45) is 1.72. The average Bonchev–Trinajstić information content (AvgIpc) is 3.12. The van der Waals surface area contributed by atoms with E-state index in [4.69, 9.17) is 0 Å². The van der Waals surface area contributed by atoms with Gasteiger partial charge in [0.25, 0.3) is 0 Å². The van der Waals surface area contributed by atoms with Gasteiger partial charge in [0, 0.05) is 0 Å². The van der Waals surface area contributed by atoms with Crippen molar-refractivity contribution in [1.29, 1.82) is 0 Å². The van der Waals surface area contributed by atoms with Gasteiger partial charge in [-0.15, -0.1) is 16.7 Å². The summed E-state index contributed by atoms with van der Waals surface area (Å²) in [5.41, 5.74) is 2.42. The predicted molar refractivity (Wildman–Crippen MR) is 99.9 cm³/mol. The minimum atomic E-state index is -0.971. The van der Waals surface area contributed by atoms with E-state index in [1.807, 2.05) is 13.0 Å². The van der Waals surface area contributed by atoms with Gasteiger partial charge < -0.3 is 0 Å². The first-order valence-corrected chi connectivity index (χ1v) is 9.25.